The molecule has 3 aliphatic rings. The van der Waals surface area contributed by atoms with Crippen LogP contribution in [0.25, 0.3) is 5.69 Å². The molecule has 57 heavy (non-hydrogen) atoms. The maximum absolute atomic E-state index is 14.3. The summed E-state index contributed by atoms with van der Waals surface area (Å²) < 4.78 is 49.2. The van der Waals surface area contributed by atoms with Crippen molar-refractivity contribution in [3.05, 3.63) is 118 Å². The molecule has 2 N–H and O–H groups in total. The monoisotopic (exact) mass is 800 g/mol. The zero-order chi connectivity index (χ0) is 40.3. The van der Waals surface area contributed by atoms with Gasteiger partial charge in [0.05, 0.1) is 37.6 Å². The first kappa shape index (κ1) is 39.8. The van der Waals surface area contributed by atoms with Gasteiger partial charge in [0.2, 0.25) is 22.2 Å². The van der Waals surface area contributed by atoms with E-state index in [2.05, 4.69) is 10.2 Å². The molecule has 7 rings (SSSR count). The maximum Gasteiger partial charge on any atom is 0.288 e. The Hall–Kier alpha value is -5.42. The highest BCUT2D eigenvalue weighted by atomic mass is 32.2. The number of likely N-dealkylation sites (tertiary alicyclic amines) is 1. The van der Waals surface area contributed by atoms with E-state index in [-0.39, 0.29) is 61.3 Å². The number of carbonyl (C=O) groups is 2. The number of piperidine rings is 1. The fourth-order valence-electron chi connectivity index (χ4n) is 8.04. The van der Waals surface area contributed by atoms with Crippen LogP contribution < -0.4 is 20.5 Å². The molecule has 1 spiro atoms. The first-order valence-corrected chi connectivity index (χ1v) is 20.4. The first-order chi connectivity index (χ1) is 27.5. The largest absolute Gasteiger partial charge is 0.497 e. The number of allylic oxidation sites excluding steroid dienone is 1. The van der Waals surface area contributed by atoms with Gasteiger partial charge in [0.1, 0.15) is 11.3 Å². The molecular formula is C41H48N6O9S. The number of aromatic nitrogens is 2. The van der Waals surface area contributed by atoms with Crippen molar-refractivity contribution < 1.29 is 37.3 Å². The number of rotatable bonds is 13. The minimum atomic E-state index is -4.01. The van der Waals surface area contributed by atoms with Gasteiger partial charge in [0, 0.05) is 62.5 Å². The van der Waals surface area contributed by atoms with E-state index in [4.69, 9.17) is 14.2 Å². The third kappa shape index (κ3) is 7.69. The standard InChI is InChI=1S/C41H48N6O9S/c1-29-37(39(50)47(43(29)2)32-12-8-5-9-13-32)30-26-35(38(49)44-20-18-41(19-21-44)40(51)42-28-46(41)31-10-6-4-7-11-31)56-36(27-30)55-25-23-45(22-24-48)57(52,53)34-16-14-33(54-3)15-17-34/h4-17,26,30,36,48H,18-25,27-28H2,1-3H3,(H,42,51)/t30-,36+/m0/s1. The lowest BCUT2D eigenvalue weighted by Crippen LogP contribution is -2.57. The van der Waals surface area contributed by atoms with Crippen LogP contribution in [0.1, 0.15) is 36.4 Å². The molecule has 0 saturated carbocycles. The molecule has 15 nitrogen and oxygen atoms in total. The minimum Gasteiger partial charge on any atom is -0.497 e. The summed E-state index contributed by atoms with van der Waals surface area (Å²) in [4.78, 5) is 45.6. The van der Waals surface area contributed by atoms with Gasteiger partial charge in [-0.15, -0.1) is 0 Å². The maximum atomic E-state index is 14.3. The Morgan fingerprint density at radius 3 is 2.25 bits per heavy atom. The quantitative estimate of drug-likeness (QED) is 0.206. The van der Waals surface area contributed by atoms with Gasteiger partial charge in [0.15, 0.2) is 5.76 Å². The molecule has 4 heterocycles. The molecule has 2 amide bonds. The number of nitrogens with zero attached hydrogens (tertiary/aromatic N) is 5. The van der Waals surface area contributed by atoms with E-state index in [1.807, 2.05) is 67.6 Å². The number of para-hydroxylation sites is 2. The van der Waals surface area contributed by atoms with E-state index in [0.717, 1.165) is 9.99 Å². The van der Waals surface area contributed by atoms with Crippen LogP contribution in [0.3, 0.4) is 0 Å². The molecule has 16 heteroatoms. The summed E-state index contributed by atoms with van der Waals surface area (Å²) in [5.74, 6) is -0.546. The number of ether oxygens (including phenoxy) is 3. The van der Waals surface area contributed by atoms with Crippen molar-refractivity contribution in [1.82, 2.24) is 23.9 Å². The van der Waals surface area contributed by atoms with E-state index in [1.165, 1.54) is 19.2 Å². The molecule has 2 fully saturated rings. The van der Waals surface area contributed by atoms with E-state index >= 15 is 0 Å². The van der Waals surface area contributed by atoms with Gasteiger partial charge in [-0.2, -0.15) is 4.31 Å². The van der Waals surface area contributed by atoms with Crippen LogP contribution in [0.4, 0.5) is 5.69 Å². The number of amides is 2. The lowest BCUT2D eigenvalue weighted by atomic mass is 9.85. The van der Waals surface area contributed by atoms with E-state index in [0.29, 0.717) is 42.2 Å². The van der Waals surface area contributed by atoms with Crippen molar-refractivity contribution >= 4 is 27.5 Å². The van der Waals surface area contributed by atoms with Gasteiger partial charge >= 0.3 is 0 Å². The van der Waals surface area contributed by atoms with Gasteiger partial charge in [-0.25, -0.2) is 13.1 Å². The molecule has 0 unspecified atom stereocenters. The summed E-state index contributed by atoms with van der Waals surface area (Å²) in [6.45, 7) is 1.96. The normalized spacial score (nSPS) is 19.4. The smallest absolute Gasteiger partial charge is 0.288 e. The van der Waals surface area contributed by atoms with E-state index in [9.17, 15) is 27.9 Å². The summed E-state index contributed by atoms with van der Waals surface area (Å²) in [6.07, 6.45) is 1.63. The Morgan fingerprint density at radius 1 is 0.965 bits per heavy atom. The van der Waals surface area contributed by atoms with Crippen molar-refractivity contribution in [2.75, 3.05) is 58.1 Å². The average molecular weight is 801 g/mol. The van der Waals surface area contributed by atoms with Gasteiger partial charge in [-0.1, -0.05) is 36.4 Å². The fraction of sp³-hybridized carbons (Fsp3) is 0.390. The third-order valence-electron chi connectivity index (χ3n) is 11.2. The van der Waals surface area contributed by atoms with Crippen molar-refractivity contribution in [2.45, 2.75) is 48.8 Å². The average Bonchev–Trinajstić information content (AvgIpc) is 3.67. The van der Waals surface area contributed by atoms with Crippen LogP contribution in [-0.4, -0.2) is 109 Å². The molecule has 2 saturated heterocycles. The van der Waals surface area contributed by atoms with Crippen LogP contribution in [0, 0.1) is 6.92 Å². The molecular weight excluding hydrogens is 753 g/mol. The number of nitrogens with one attached hydrogen (secondary N) is 1. The van der Waals surface area contributed by atoms with E-state index in [1.54, 1.807) is 39.5 Å². The number of carbonyl (C=O) groups excluding carboxylic acids is 2. The number of hydrogen-bond donors (Lipinski definition) is 2. The molecule has 0 aliphatic carbocycles. The number of aliphatic hydroxyl groups is 1. The Labute approximate surface area is 331 Å². The van der Waals surface area contributed by atoms with Crippen LogP contribution in [0.15, 0.2) is 106 Å². The Kier molecular flexibility index (Phi) is 11.6. The van der Waals surface area contributed by atoms with Crippen molar-refractivity contribution in [1.29, 1.82) is 0 Å². The van der Waals surface area contributed by atoms with Gasteiger partial charge < -0.3 is 34.4 Å². The van der Waals surface area contributed by atoms with Crippen LogP contribution in [-0.2, 0) is 36.1 Å². The van der Waals surface area contributed by atoms with Crippen molar-refractivity contribution in [3.8, 4) is 11.4 Å². The zero-order valence-corrected chi connectivity index (χ0v) is 33.1. The van der Waals surface area contributed by atoms with Gasteiger partial charge in [-0.05, 0) is 74.4 Å². The minimum absolute atomic E-state index is 0.00923. The molecule has 2 atom stereocenters. The number of methoxy groups -OCH3 is 1. The lowest BCUT2D eigenvalue weighted by Gasteiger charge is -2.43. The topological polar surface area (TPSA) is 165 Å². The zero-order valence-electron chi connectivity index (χ0n) is 32.2. The van der Waals surface area contributed by atoms with Crippen LogP contribution >= 0.6 is 0 Å². The van der Waals surface area contributed by atoms with Crippen molar-refractivity contribution in [2.24, 2.45) is 7.05 Å². The second-order valence-corrected chi connectivity index (χ2v) is 16.3. The molecule has 3 aromatic carbocycles. The highest BCUT2D eigenvalue weighted by Gasteiger charge is 2.51. The summed E-state index contributed by atoms with van der Waals surface area (Å²) in [6, 6.07) is 24.9. The highest BCUT2D eigenvalue weighted by molar-refractivity contribution is 7.89. The SMILES string of the molecule is COc1ccc(S(=O)(=O)N(CCO)CCO[C@H]2C[C@@H](c3c(C)n(C)n(-c4ccccc4)c3=O)C=C(C(=O)N3CCC4(CC3)C(=O)NCN4c3ccccc3)O2)cc1. The van der Waals surface area contributed by atoms with Gasteiger partial charge in [0.25, 0.3) is 11.5 Å². The van der Waals surface area contributed by atoms with E-state index < -0.39 is 40.3 Å². The number of benzene rings is 3. The summed E-state index contributed by atoms with van der Waals surface area (Å²) in [5.41, 5.74) is 1.74. The highest BCUT2D eigenvalue weighted by Crippen LogP contribution is 2.38. The summed E-state index contributed by atoms with van der Waals surface area (Å²) >= 11 is 0. The van der Waals surface area contributed by atoms with Gasteiger partial charge in [-0.3, -0.25) is 19.1 Å². The predicted octanol–water partition coefficient (Wildman–Crippen LogP) is 2.86. The summed E-state index contributed by atoms with van der Waals surface area (Å²) in [5, 5.41) is 12.8. The Morgan fingerprint density at radius 2 is 1.61 bits per heavy atom. The van der Waals surface area contributed by atoms with Crippen LogP contribution in [0.5, 0.6) is 5.75 Å². The third-order valence-corrected chi connectivity index (χ3v) is 13.1. The Bertz CT molecular complexity index is 2270. The molecule has 302 valence electrons. The molecule has 0 radical (unpaired) electrons. The fourth-order valence-corrected chi connectivity index (χ4v) is 9.46. The second kappa shape index (κ2) is 16.6. The molecule has 0 bridgehead atoms. The van der Waals surface area contributed by atoms with Crippen molar-refractivity contribution in [3.63, 3.8) is 0 Å². The second-order valence-electron chi connectivity index (χ2n) is 14.3. The molecule has 4 aromatic rings. The lowest BCUT2D eigenvalue weighted by molar-refractivity contribution is -0.154. The number of anilines is 1. The number of sulfonamides is 1. The molecule has 1 aromatic heterocycles. The first-order valence-electron chi connectivity index (χ1n) is 19.0. The number of aliphatic hydroxyl groups excluding tert-OH is 1. The predicted molar refractivity (Wildman–Crippen MR) is 211 cm³/mol. The Balaban J connectivity index is 1.13. The number of hydrogen-bond acceptors (Lipinski definition) is 10. The molecule has 3 aliphatic heterocycles. The summed E-state index contributed by atoms with van der Waals surface area (Å²) in [7, 11) is -0.724. The van der Waals surface area contributed by atoms with Crippen LogP contribution in [0.2, 0.25) is 0 Å².